The maximum atomic E-state index is 5.88. The Labute approximate surface area is 117 Å². The number of nitrogens with one attached hydrogen (secondary N) is 1. The van der Waals surface area contributed by atoms with Crippen molar-refractivity contribution in [3.05, 3.63) is 29.8 Å². The summed E-state index contributed by atoms with van der Waals surface area (Å²) in [6.45, 7) is 7.75. The van der Waals surface area contributed by atoms with Crippen LogP contribution in [-0.2, 0) is 4.74 Å². The first-order valence-electron chi connectivity index (χ1n) is 7.19. The van der Waals surface area contributed by atoms with Crippen molar-refractivity contribution in [1.29, 1.82) is 0 Å². The zero-order valence-corrected chi connectivity index (χ0v) is 12.6. The van der Waals surface area contributed by atoms with Gasteiger partial charge in [0.05, 0.1) is 6.10 Å². The van der Waals surface area contributed by atoms with Gasteiger partial charge in [-0.3, -0.25) is 0 Å². The zero-order valence-electron chi connectivity index (χ0n) is 12.6. The van der Waals surface area contributed by atoms with Crippen molar-refractivity contribution in [2.24, 2.45) is 0 Å². The van der Waals surface area contributed by atoms with Gasteiger partial charge in [0.15, 0.2) is 0 Å². The summed E-state index contributed by atoms with van der Waals surface area (Å²) in [6, 6.07) is 8.58. The first-order chi connectivity index (χ1) is 9.19. The minimum Gasteiger partial charge on any atom is -0.491 e. The van der Waals surface area contributed by atoms with Gasteiger partial charge in [0.2, 0.25) is 0 Å². The molecule has 1 aromatic rings. The van der Waals surface area contributed by atoms with Gasteiger partial charge in [-0.05, 0) is 46.7 Å². The third-order valence-electron chi connectivity index (χ3n) is 2.99. The molecular formula is C16H27NO2. The van der Waals surface area contributed by atoms with E-state index in [0.717, 1.165) is 31.8 Å². The minimum absolute atomic E-state index is 0.196. The van der Waals surface area contributed by atoms with Crippen LogP contribution in [0.4, 0.5) is 0 Å². The average molecular weight is 265 g/mol. The summed E-state index contributed by atoms with van der Waals surface area (Å²) in [5.74, 6) is 0.980. The Morgan fingerprint density at radius 1 is 1.21 bits per heavy atom. The smallest absolute Gasteiger partial charge is 0.124 e. The van der Waals surface area contributed by atoms with E-state index in [1.807, 2.05) is 26.1 Å². The summed E-state index contributed by atoms with van der Waals surface area (Å²) in [6.07, 6.45) is 2.30. The number of benzene rings is 1. The topological polar surface area (TPSA) is 30.5 Å². The summed E-state index contributed by atoms with van der Waals surface area (Å²) in [5.41, 5.74) is 1.23. The Hall–Kier alpha value is -1.06. The van der Waals surface area contributed by atoms with Gasteiger partial charge in [-0.25, -0.2) is 0 Å². The lowest BCUT2D eigenvalue weighted by molar-refractivity contribution is 0.141. The molecule has 0 aliphatic heterocycles. The fourth-order valence-corrected chi connectivity index (χ4v) is 2.12. The molecule has 0 saturated heterocycles. The number of ether oxygens (including phenoxy) is 2. The van der Waals surface area contributed by atoms with Crippen LogP contribution in [0.1, 0.15) is 45.2 Å². The van der Waals surface area contributed by atoms with E-state index in [0.29, 0.717) is 6.04 Å². The number of para-hydroxylation sites is 1. The third kappa shape index (κ3) is 5.62. The fraction of sp³-hybridized carbons (Fsp3) is 0.625. The van der Waals surface area contributed by atoms with Gasteiger partial charge in [0.1, 0.15) is 5.75 Å². The third-order valence-corrected chi connectivity index (χ3v) is 2.99. The molecule has 0 fully saturated rings. The second kappa shape index (κ2) is 8.94. The summed E-state index contributed by atoms with van der Waals surface area (Å²) >= 11 is 0. The quantitative estimate of drug-likeness (QED) is 0.693. The predicted molar refractivity (Wildman–Crippen MR) is 79.7 cm³/mol. The van der Waals surface area contributed by atoms with E-state index in [1.54, 1.807) is 0 Å². The van der Waals surface area contributed by atoms with Crippen LogP contribution < -0.4 is 10.1 Å². The van der Waals surface area contributed by atoms with E-state index in [-0.39, 0.29) is 6.10 Å². The van der Waals surface area contributed by atoms with Crippen molar-refractivity contribution in [2.45, 2.75) is 45.8 Å². The lowest BCUT2D eigenvalue weighted by Gasteiger charge is -2.21. The molecule has 0 heterocycles. The Morgan fingerprint density at radius 2 is 1.95 bits per heavy atom. The Kier molecular flexibility index (Phi) is 7.53. The highest BCUT2D eigenvalue weighted by molar-refractivity contribution is 5.36. The van der Waals surface area contributed by atoms with Gasteiger partial charge < -0.3 is 14.8 Å². The summed E-state index contributed by atoms with van der Waals surface area (Å²) < 4.78 is 11.3. The highest BCUT2D eigenvalue weighted by atomic mass is 16.5. The van der Waals surface area contributed by atoms with E-state index in [2.05, 4.69) is 31.3 Å². The van der Waals surface area contributed by atoms with Gasteiger partial charge >= 0.3 is 0 Å². The highest BCUT2D eigenvalue weighted by Crippen LogP contribution is 2.28. The summed E-state index contributed by atoms with van der Waals surface area (Å²) in [5, 5.41) is 3.37. The number of hydrogen-bond acceptors (Lipinski definition) is 3. The van der Waals surface area contributed by atoms with Crippen LogP contribution in [0.3, 0.4) is 0 Å². The largest absolute Gasteiger partial charge is 0.491 e. The molecule has 1 rings (SSSR count). The van der Waals surface area contributed by atoms with Crippen LogP contribution >= 0.6 is 0 Å². The highest BCUT2D eigenvalue weighted by Gasteiger charge is 2.14. The Balaban J connectivity index is 2.68. The molecule has 1 N–H and O–H groups in total. The van der Waals surface area contributed by atoms with Crippen LogP contribution in [0.25, 0.3) is 0 Å². The molecule has 108 valence electrons. The molecule has 0 amide bonds. The second-order valence-electron chi connectivity index (χ2n) is 4.88. The molecule has 3 nitrogen and oxygen atoms in total. The van der Waals surface area contributed by atoms with Crippen LogP contribution in [-0.4, -0.2) is 26.4 Å². The first-order valence-corrected chi connectivity index (χ1v) is 7.19. The number of rotatable bonds is 9. The van der Waals surface area contributed by atoms with Crippen molar-refractivity contribution in [3.63, 3.8) is 0 Å². The van der Waals surface area contributed by atoms with Crippen molar-refractivity contribution in [1.82, 2.24) is 5.32 Å². The van der Waals surface area contributed by atoms with Crippen LogP contribution in [0, 0.1) is 0 Å². The lowest BCUT2D eigenvalue weighted by atomic mass is 10.0. The van der Waals surface area contributed by atoms with Gasteiger partial charge in [0, 0.05) is 24.8 Å². The van der Waals surface area contributed by atoms with Crippen molar-refractivity contribution >= 4 is 0 Å². The van der Waals surface area contributed by atoms with E-state index >= 15 is 0 Å². The van der Waals surface area contributed by atoms with E-state index in [1.165, 1.54) is 5.56 Å². The van der Waals surface area contributed by atoms with E-state index in [9.17, 15) is 0 Å². The normalized spacial score (nSPS) is 12.7. The van der Waals surface area contributed by atoms with Crippen LogP contribution in [0.15, 0.2) is 24.3 Å². The molecule has 1 unspecified atom stereocenters. The molecule has 0 bridgehead atoms. The zero-order chi connectivity index (χ0) is 14.1. The number of hydrogen-bond donors (Lipinski definition) is 1. The van der Waals surface area contributed by atoms with Crippen molar-refractivity contribution in [3.8, 4) is 5.75 Å². The monoisotopic (exact) mass is 265 g/mol. The van der Waals surface area contributed by atoms with Crippen molar-refractivity contribution < 1.29 is 9.47 Å². The molecule has 19 heavy (non-hydrogen) atoms. The van der Waals surface area contributed by atoms with Gasteiger partial charge in [-0.1, -0.05) is 18.2 Å². The maximum Gasteiger partial charge on any atom is 0.124 e. The molecule has 1 atom stereocenters. The van der Waals surface area contributed by atoms with E-state index in [4.69, 9.17) is 9.47 Å². The molecule has 0 radical (unpaired) electrons. The summed E-state index contributed by atoms with van der Waals surface area (Å²) in [7, 11) is 2.00. The van der Waals surface area contributed by atoms with Gasteiger partial charge in [-0.15, -0.1) is 0 Å². The van der Waals surface area contributed by atoms with E-state index < -0.39 is 0 Å². The second-order valence-corrected chi connectivity index (χ2v) is 4.88. The molecule has 0 spiro atoms. The maximum absolute atomic E-state index is 5.88. The molecule has 1 aromatic carbocycles. The predicted octanol–water partition coefficient (Wildman–Crippen LogP) is 3.55. The molecule has 0 aliphatic carbocycles. The Bertz CT molecular complexity index is 352. The molecule has 3 heteroatoms. The van der Waals surface area contributed by atoms with Crippen LogP contribution in [0.2, 0.25) is 0 Å². The molecule has 0 aliphatic rings. The minimum atomic E-state index is 0.196. The molecule has 0 aromatic heterocycles. The van der Waals surface area contributed by atoms with Crippen molar-refractivity contribution in [2.75, 3.05) is 20.3 Å². The Morgan fingerprint density at radius 3 is 2.58 bits per heavy atom. The van der Waals surface area contributed by atoms with Crippen LogP contribution in [0.5, 0.6) is 5.75 Å². The molecule has 0 saturated carbocycles. The molecular weight excluding hydrogens is 238 g/mol. The summed E-state index contributed by atoms with van der Waals surface area (Å²) in [4.78, 5) is 0. The fourth-order valence-electron chi connectivity index (χ4n) is 2.12. The first kappa shape index (κ1) is 16.0. The standard InChI is InChI=1S/C16H27NO2/c1-5-18-12-8-10-15(17-4)14-9-6-7-11-16(14)19-13(2)3/h6-7,9,11,13,15,17H,5,8,10,12H2,1-4H3. The van der Waals surface area contributed by atoms with Gasteiger partial charge in [-0.2, -0.15) is 0 Å². The van der Waals surface area contributed by atoms with Gasteiger partial charge in [0.25, 0.3) is 0 Å². The average Bonchev–Trinajstić information content (AvgIpc) is 2.39. The SMILES string of the molecule is CCOCCCC(NC)c1ccccc1OC(C)C. The lowest BCUT2D eigenvalue weighted by Crippen LogP contribution is -2.19.